The van der Waals surface area contributed by atoms with E-state index in [1.54, 1.807) is 11.3 Å². The molecule has 0 bridgehead atoms. The van der Waals surface area contributed by atoms with Crippen LogP contribution in [0.1, 0.15) is 19.3 Å². The van der Waals surface area contributed by atoms with Crippen LogP contribution < -0.4 is 10.2 Å². The van der Waals surface area contributed by atoms with Crippen LogP contribution in [-0.4, -0.2) is 29.7 Å². The highest BCUT2D eigenvalue weighted by Gasteiger charge is 2.12. The summed E-state index contributed by atoms with van der Waals surface area (Å²) in [7, 11) is 0. The number of anilines is 2. The number of carbonyl (C=O) groups is 1. The summed E-state index contributed by atoms with van der Waals surface area (Å²) in [6, 6.07) is 13.8. The highest BCUT2D eigenvalue weighted by atomic mass is 35.5. The molecule has 140 valence electrons. The first kappa shape index (κ1) is 18.6. The average molecular weight is 418 g/mol. The molecule has 1 N–H and O–H groups in total. The van der Waals surface area contributed by atoms with Gasteiger partial charge in [0.25, 0.3) is 0 Å². The Bertz CT molecular complexity index is 936. The number of hydrogen-bond donors (Lipinski definition) is 1. The van der Waals surface area contributed by atoms with Crippen LogP contribution >= 0.6 is 34.7 Å². The molecular formula is C20H20ClN3OS2. The summed E-state index contributed by atoms with van der Waals surface area (Å²) < 4.78 is 1.96. The van der Waals surface area contributed by atoms with Gasteiger partial charge in [-0.2, -0.15) is 0 Å². The predicted molar refractivity (Wildman–Crippen MR) is 116 cm³/mol. The van der Waals surface area contributed by atoms with Crippen molar-refractivity contribution in [1.29, 1.82) is 0 Å². The summed E-state index contributed by atoms with van der Waals surface area (Å²) in [5.74, 6) is 0.310. The molecular weight excluding hydrogens is 398 g/mol. The van der Waals surface area contributed by atoms with Crippen molar-refractivity contribution in [2.24, 2.45) is 0 Å². The van der Waals surface area contributed by atoms with Gasteiger partial charge in [-0.3, -0.25) is 4.79 Å². The fourth-order valence-electron chi connectivity index (χ4n) is 3.17. The Labute approximate surface area is 171 Å². The quantitative estimate of drug-likeness (QED) is 0.543. The van der Waals surface area contributed by atoms with Crippen LogP contribution in [0.3, 0.4) is 0 Å². The monoisotopic (exact) mass is 417 g/mol. The molecule has 3 aromatic rings. The Kier molecular flexibility index (Phi) is 5.86. The van der Waals surface area contributed by atoms with Crippen molar-refractivity contribution in [2.75, 3.05) is 29.1 Å². The second-order valence-electron chi connectivity index (χ2n) is 6.52. The Morgan fingerprint density at radius 1 is 1.15 bits per heavy atom. The Balaban J connectivity index is 1.31. The minimum Gasteiger partial charge on any atom is -0.372 e. The van der Waals surface area contributed by atoms with Crippen molar-refractivity contribution in [3.8, 4) is 0 Å². The third kappa shape index (κ3) is 4.75. The van der Waals surface area contributed by atoms with E-state index in [4.69, 9.17) is 11.6 Å². The number of thiazole rings is 1. The van der Waals surface area contributed by atoms with E-state index in [2.05, 4.69) is 27.3 Å². The van der Waals surface area contributed by atoms with Crippen LogP contribution in [0.15, 0.2) is 46.8 Å². The van der Waals surface area contributed by atoms with Gasteiger partial charge in [0.1, 0.15) is 0 Å². The summed E-state index contributed by atoms with van der Waals surface area (Å²) in [4.78, 5) is 19.2. The van der Waals surface area contributed by atoms with E-state index in [9.17, 15) is 4.79 Å². The maximum Gasteiger partial charge on any atom is 0.234 e. The van der Waals surface area contributed by atoms with E-state index in [1.807, 2.05) is 30.3 Å². The van der Waals surface area contributed by atoms with Crippen LogP contribution in [0, 0.1) is 0 Å². The Morgan fingerprint density at radius 2 is 1.93 bits per heavy atom. The Hall–Kier alpha value is -1.76. The molecule has 0 aliphatic carbocycles. The highest BCUT2D eigenvalue weighted by molar-refractivity contribution is 8.01. The lowest BCUT2D eigenvalue weighted by atomic mass is 10.1. The van der Waals surface area contributed by atoms with Crippen molar-refractivity contribution >= 4 is 62.2 Å². The number of fused-ring (bicyclic) bond motifs is 1. The van der Waals surface area contributed by atoms with Gasteiger partial charge in [-0.25, -0.2) is 4.98 Å². The zero-order valence-corrected chi connectivity index (χ0v) is 17.2. The fraction of sp³-hybridized carbons (Fsp3) is 0.300. The molecule has 1 fully saturated rings. The van der Waals surface area contributed by atoms with Crippen molar-refractivity contribution in [3.63, 3.8) is 0 Å². The number of thioether (sulfide) groups is 1. The van der Waals surface area contributed by atoms with Crippen molar-refractivity contribution < 1.29 is 4.79 Å². The number of hydrogen-bond acceptors (Lipinski definition) is 5. The van der Waals surface area contributed by atoms with Crippen LogP contribution in [0.2, 0.25) is 5.02 Å². The summed E-state index contributed by atoms with van der Waals surface area (Å²) in [5.41, 5.74) is 2.94. The number of rotatable bonds is 5. The van der Waals surface area contributed by atoms with Crippen LogP contribution in [0.4, 0.5) is 11.4 Å². The van der Waals surface area contributed by atoms with Gasteiger partial charge in [0.2, 0.25) is 5.91 Å². The molecule has 7 heteroatoms. The third-order valence-electron chi connectivity index (χ3n) is 4.53. The Morgan fingerprint density at radius 3 is 2.70 bits per heavy atom. The summed E-state index contributed by atoms with van der Waals surface area (Å²) >= 11 is 9.03. The number of aromatic nitrogens is 1. The molecule has 0 radical (unpaired) electrons. The number of amides is 1. The van der Waals surface area contributed by atoms with E-state index >= 15 is 0 Å². The van der Waals surface area contributed by atoms with E-state index in [-0.39, 0.29) is 5.91 Å². The largest absolute Gasteiger partial charge is 0.372 e. The normalized spacial score (nSPS) is 14.5. The molecule has 4 rings (SSSR count). The first-order chi connectivity index (χ1) is 13.2. The molecule has 4 nitrogen and oxygen atoms in total. The molecule has 0 atom stereocenters. The number of nitrogens with one attached hydrogen (secondary N) is 1. The van der Waals surface area contributed by atoms with E-state index in [0.717, 1.165) is 33.3 Å². The molecule has 0 spiro atoms. The highest BCUT2D eigenvalue weighted by Crippen LogP contribution is 2.31. The van der Waals surface area contributed by atoms with Gasteiger partial charge in [-0.05, 0) is 61.7 Å². The van der Waals surface area contributed by atoms with Crippen molar-refractivity contribution in [2.45, 2.75) is 23.6 Å². The van der Waals surface area contributed by atoms with Gasteiger partial charge >= 0.3 is 0 Å². The average Bonchev–Trinajstić information content (AvgIpc) is 3.10. The zero-order valence-electron chi connectivity index (χ0n) is 14.8. The molecule has 1 amide bonds. The minimum atomic E-state index is -0.0250. The summed E-state index contributed by atoms with van der Waals surface area (Å²) in [6.07, 6.45) is 3.84. The number of carbonyl (C=O) groups excluding carboxylic acids is 1. The predicted octanol–water partition coefficient (Wildman–Crippen LogP) is 5.67. The van der Waals surface area contributed by atoms with E-state index in [0.29, 0.717) is 10.8 Å². The zero-order chi connectivity index (χ0) is 18.6. The third-order valence-corrected chi connectivity index (χ3v) is 6.94. The molecule has 1 aromatic heterocycles. The van der Waals surface area contributed by atoms with Crippen molar-refractivity contribution in [3.05, 3.63) is 47.5 Å². The molecule has 0 unspecified atom stereocenters. The van der Waals surface area contributed by atoms with E-state index < -0.39 is 0 Å². The summed E-state index contributed by atoms with van der Waals surface area (Å²) in [6.45, 7) is 2.24. The SMILES string of the molecule is O=C(CSc1nc2cc(Cl)ccc2s1)Nc1ccc(N2CCCCC2)cc1. The lowest BCUT2D eigenvalue weighted by Gasteiger charge is -2.28. The lowest BCUT2D eigenvalue weighted by Crippen LogP contribution is -2.29. The summed E-state index contributed by atoms with van der Waals surface area (Å²) in [5, 5.41) is 3.64. The standard InChI is InChI=1S/C20H20ClN3OS2/c21-14-4-9-18-17(12-14)23-20(27-18)26-13-19(25)22-15-5-7-16(8-6-15)24-10-2-1-3-11-24/h4-9,12H,1-3,10-11,13H2,(H,22,25). The van der Waals surface area contributed by atoms with Gasteiger partial charge in [-0.1, -0.05) is 23.4 Å². The second kappa shape index (κ2) is 8.50. The molecule has 27 heavy (non-hydrogen) atoms. The van der Waals surface area contributed by atoms with Gasteiger partial charge in [0, 0.05) is 29.5 Å². The van der Waals surface area contributed by atoms with Gasteiger partial charge < -0.3 is 10.2 Å². The molecule has 2 heterocycles. The second-order valence-corrected chi connectivity index (χ2v) is 9.21. The maximum absolute atomic E-state index is 12.3. The topological polar surface area (TPSA) is 45.2 Å². The number of nitrogens with zero attached hydrogens (tertiary/aromatic N) is 2. The smallest absolute Gasteiger partial charge is 0.234 e. The lowest BCUT2D eigenvalue weighted by molar-refractivity contribution is -0.113. The fourth-order valence-corrected chi connectivity index (χ4v) is 5.19. The molecule has 1 aliphatic rings. The van der Waals surface area contributed by atoms with E-state index in [1.165, 1.54) is 36.7 Å². The first-order valence-electron chi connectivity index (χ1n) is 9.01. The minimum absolute atomic E-state index is 0.0250. The van der Waals surface area contributed by atoms with Crippen LogP contribution in [0.5, 0.6) is 0 Å². The number of piperidine rings is 1. The van der Waals surface area contributed by atoms with Crippen LogP contribution in [0.25, 0.3) is 10.2 Å². The first-order valence-corrected chi connectivity index (χ1v) is 11.2. The van der Waals surface area contributed by atoms with Gasteiger partial charge in [0.05, 0.1) is 16.0 Å². The van der Waals surface area contributed by atoms with Crippen molar-refractivity contribution in [1.82, 2.24) is 4.98 Å². The molecule has 0 saturated carbocycles. The molecule has 1 aliphatic heterocycles. The van der Waals surface area contributed by atoms with Gasteiger partial charge in [0.15, 0.2) is 4.34 Å². The maximum atomic E-state index is 12.3. The molecule has 1 saturated heterocycles. The number of halogens is 1. The van der Waals surface area contributed by atoms with Crippen LogP contribution in [-0.2, 0) is 4.79 Å². The number of benzene rings is 2. The molecule has 2 aromatic carbocycles. The van der Waals surface area contributed by atoms with Gasteiger partial charge in [-0.15, -0.1) is 11.3 Å².